The maximum Gasteiger partial charge on any atom is 0.255 e. The number of benzene rings is 2. The van der Waals surface area contributed by atoms with Gasteiger partial charge < -0.3 is 10.2 Å². The third-order valence-corrected chi connectivity index (χ3v) is 5.39. The van der Waals surface area contributed by atoms with Crippen molar-refractivity contribution in [1.82, 2.24) is 0 Å². The van der Waals surface area contributed by atoms with Crippen LogP contribution in [0.1, 0.15) is 45.5 Å². The van der Waals surface area contributed by atoms with Gasteiger partial charge in [-0.05, 0) is 73.6 Å². The van der Waals surface area contributed by atoms with E-state index in [0.29, 0.717) is 12.0 Å². The van der Waals surface area contributed by atoms with E-state index in [2.05, 4.69) is 5.32 Å². The van der Waals surface area contributed by atoms with E-state index in [9.17, 15) is 9.59 Å². The number of rotatable bonds is 2. The molecule has 4 heteroatoms. The van der Waals surface area contributed by atoms with Crippen LogP contribution in [0.4, 0.5) is 11.4 Å². The van der Waals surface area contributed by atoms with Crippen molar-refractivity contribution in [2.75, 3.05) is 16.8 Å². The molecule has 2 aliphatic rings. The number of aryl methyl sites for hydroxylation is 3. The SMILES string of the molecule is Cc1cccc(NC(=O)c2cc3c4c(c2)CCC(=O)N4CCC3)c1C. The van der Waals surface area contributed by atoms with Crippen LogP contribution >= 0.6 is 0 Å². The lowest BCUT2D eigenvalue weighted by atomic mass is 9.89. The molecule has 0 unspecified atom stereocenters. The molecule has 2 aromatic rings. The number of hydrogen-bond donors (Lipinski definition) is 1. The lowest BCUT2D eigenvalue weighted by Crippen LogP contribution is -2.39. The number of nitrogens with zero attached hydrogens (tertiary/aromatic N) is 1. The Labute approximate surface area is 147 Å². The quantitative estimate of drug-likeness (QED) is 0.908. The second-order valence-corrected chi connectivity index (χ2v) is 6.99. The van der Waals surface area contributed by atoms with Gasteiger partial charge in [-0.3, -0.25) is 9.59 Å². The fourth-order valence-corrected chi connectivity index (χ4v) is 3.87. The van der Waals surface area contributed by atoms with Crippen molar-refractivity contribution in [3.05, 3.63) is 58.1 Å². The molecule has 4 nitrogen and oxygen atoms in total. The summed E-state index contributed by atoms with van der Waals surface area (Å²) in [5.74, 6) is 0.128. The molecule has 0 fully saturated rings. The van der Waals surface area contributed by atoms with E-state index in [0.717, 1.165) is 59.4 Å². The second kappa shape index (κ2) is 6.03. The molecule has 0 atom stereocenters. The largest absolute Gasteiger partial charge is 0.322 e. The maximum absolute atomic E-state index is 12.8. The molecule has 0 radical (unpaired) electrons. The first-order valence-electron chi connectivity index (χ1n) is 8.88. The van der Waals surface area contributed by atoms with E-state index in [1.807, 2.05) is 49.1 Å². The number of nitrogens with one attached hydrogen (secondary N) is 1. The van der Waals surface area contributed by atoms with Gasteiger partial charge in [0.15, 0.2) is 0 Å². The fraction of sp³-hybridized carbons (Fsp3) is 0.333. The van der Waals surface area contributed by atoms with Crippen LogP contribution in [0.5, 0.6) is 0 Å². The zero-order valence-electron chi connectivity index (χ0n) is 14.7. The number of carbonyl (C=O) groups excluding carboxylic acids is 2. The third kappa shape index (κ3) is 2.72. The monoisotopic (exact) mass is 334 g/mol. The predicted octanol–water partition coefficient (Wildman–Crippen LogP) is 3.78. The third-order valence-electron chi connectivity index (χ3n) is 5.39. The number of carbonyl (C=O) groups is 2. The Morgan fingerprint density at radius 2 is 1.84 bits per heavy atom. The zero-order chi connectivity index (χ0) is 17.6. The van der Waals surface area contributed by atoms with Crippen LogP contribution in [0.3, 0.4) is 0 Å². The van der Waals surface area contributed by atoms with Crippen molar-refractivity contribution in [2.45, 2.75) is 39.5 Å². The molecule has 25 heavy (non-hydrogen) atoms. The highest BCUT2D eigenvalue weighted by Gasteiger charge is 2.30. The molecule has 2 aliphatic heterocycles. The molecule has 1 N–H and O–H groups in total. The average Bonchev–Trinajstić information content (AvgIpc) is 2.62. The standard InChI is InChI=1S/C21H22N2O2/c1-13-5-3-7-18(14(13)2)22-21(25)17-11-15-6-4-10-23-19(24)9-8-16(12-17)20(15)23/h3,5,7,11-12H,4,6,8-10H2,1-2H3,(H,22,25). The molecule has 0 aromatic heterocycles. The lowest BCUT2D eigenvalue weighted by Gasteiger charge is -2.35. The summed E-state index contributed by atoms with van der Waals surface area (Å²) < 4.78 is 0. The normalized spacial score (nSPS) is 15.8. The Morgan fingerprint density at radius 3 is 2.64 bits per heavy atom. The summed E-state index contributed by atoms with van der Waals surface area (Å²) in [7, 11) is 0. The van der Waals surface area contributed by atoms with Crippen LogP contribution in [0, 0.1) is 13.8 Å². The summed E-state index contributed by atoms with van der Waals surface area (Å²) in [6, 6.07) is 9.86. The Hall–Kier alpha value is -2.62. The highest BCUT2D eigenvalue weighted by atomic mass is 16.2. The summed E-state index contributed by atoms with van der Waals surface area (Å²) in [5.41, 5.74) is 7.11. The van der Waals surface area contributed by atoms with Crippen molar-refractivity contribution >= 4 is 23.2 Å². The summed E-state index contributed by atoms with van der Waals surface area (Å²) in [6.07, 6.45) is 3.15. The van der Waals surface area contributed by atoms with E-state index in [-0.39, 0.29) is 11.8 Å². The van der Waals surface area contributed by atoms with E-state index in [1.54, 1.807) is 0 Å². The smallest absolute Gasteiger partial charge is 0.255 e. The second-order valence-electron chi connectivity index (χ2n) is 6.99. The first-order chi connectivity index (χ1) is 12.0. The first kappa shape index (κ1) is 15.9. The van der Waals surface area contributed by atoms with Crippen LogP contribution in [0.25, 0.3) is 0 Å². The van der Waals surface area contributed by atoms with Gasteiger partial charge >= 0.3 is 0 Å². The Bertz CT molecular complexity index is 868. The van der Waals surface area contributed by atoms with Gasteiger partial charge in [0.1, 0.15) is 0 Å². The summed E-state index contributed by atoms with van der Waals surface area (Å²) in [4.78, 5) is 26.9. The van der Waals surface area contributed by atoms with E-state index in [1.165, 1.54) is 0 Å². The molecule has 2 amide bonds. The van der Waals surface area contributed by atoms with E-state index < -0.39 is 0 Å². The van der Waals surface area contributed by atoms with Gasteiger partial charge in [-0.25, -0.2) is 0 Å². The van der Waals surface area contributed by atoms with Crippen LogP contribution in [0.15, 0.2) is 30.3 Å². The van der Waals surface area contributed by atoms with Gasteiger partial charge in [0.2, 0.25) is 5.91 Å². The Kier molecular flexibility index (Phi) is 3.83. The molecule has 0 saturated heterocycles. The number of amides is 2. The van der Waals surface area contributed by atoms with Gasteiger partial charge in [-0.15, -0.1) is 0 Å². The van der Waals surface area contributed by atoms with E-state index >= 15 is 0 Å². The van der Waals surface area contributed by atoms with Gasteiger partial charge in [0.05, 0.1) is 5.69 Å². The zero-order valence-corrected chi connectivity index (χ0v) is 14.7. The molecule has 0 aliphatic carbocycles. The molecule has 2 heterocycles. The lowest BCUT2D eigenvalue weighted by molar-refractivity contribution is -0.119. The maximum atomic E-state index is 12.8. The fourth-order valence-electron chi connectivity index (χ4n) is 3.87. The van der Waals surface area contributed by atoms with Gasteiger partial charge in [-0.1, -0.05) is 12.1 Å². The molecule has 0 bridgehead atoms. The van der Waals surface area contributed by atoms with Gasteiger partial charge in [0, 0.05) is 24.2 Å². The minimum Gasteiger partial charge on any atom is -0.322 e. The molecule has 0 saturated carbocycles. The van der Waals surface area contributed by atoms with Crippen LogP contribution in [-0.2, 0) is 17.6 Å². The van der Waals surface area contributed by atoms with Gasteiger partial charge in [0.25, 0.3) is 5.91 Å². The molecular formula is C21H22N2O2. The summed E-state index contributed by atoms with van der Waals surface area (Å²) in [6.45, 7) is 4.86. The van der Waals surface area contributed by atoms with Crippen molar-refractivity contribution < 1.29 is 9.59 Å². The molecular weight excluding hydrogens is 312 g/mol. The Balaban J connectivity index is 1.69. The van der Waals surface area contributed by atoms with Crippen molar-refractivity contribution in [3.63, 3.8) is 0 Å². The number of hydrogen-bond acceptors (Lipinski definition) is 2. The first-order valence-corrected chi connectivity index (χ1v) is 8.88. The summed E-state index contributed by atoms with van der Waals surface area (Å²) >= 11 is 0. The highest BCUT2D eigenvalue weighted by Crippen LogP contribution is 2.36. The number of anilines is 2. The van der Waals surface area contributed by atoms with Crippen molar-refractivity contribution in [2.24, 2.45) is 0 Å². The van der Waals surface area contributed by atoms with Crippen LogP contribution in [-0.4, -0.2) is 18.4 Å². The predicted molar refractivity (Wildman–Crippen MR) is 99.3 cm³/mol. The van der Waals surface area contributed by atoms with Crippen LogP contribution < -0.4 is 10.2 Å². The highest BCUT2D eigenvalue weighted by molar-refractivity contribution is 6.06. The molecule has 128 valence electrons. The molecule has 0 spiro atoms. The molecule has 2 aromatic carbocycles. The van der Waals surface area contributed by atoms with Crippen molar-refractivity contribution in [3.8, 4) is 0 Å². The topological polar surface area (TPSA) is 49.4 Å². The molecule has 4 rings (SSSR count). The van der Waals surface area contributed by atoms with Gasteiger partial charge in [-0.2, -0.15) is 0 Å². The van der Waals surface area contributed by atoms with E-state index in [4.69, 9.17) is 0 Å². The minimum atomic E-state index is -0.0817. The van der Waals surface area contributed by atoms with Crippen LogP contribution in [0.2, 0.25) is 0 Å². The Morgan fingerprint density at radius 1 is 1.08 bits per heavy atom. The summed E-state index contributed by atoms with van der Waals surface area (Å²) in [5, 5.41) is 3.04. The average molecular weight is 334 g/mol. The minimum absolute atomic E-state index is 0.0817. The van der Waals surface area contributed by atoms with Crippen molar-refractivity contribution in [1.29, 1.82) is 0 Å².